The number of halogens is 1. The Labute approximate surface area is 186 Å². The summed E-state index contributed by atoms with van der Waals surface area (Å²) in [5, 5.41) is 3.49. The first kappa shape index (κ1) is 20.8. The van der Waals surface area contributed by atoms with E-state index in [1.807, 2.05) is 68.4 Å². The van der Waals surface area contributed by atoms with Gasteiger partial charge in [-0.3, -0.25) is 9.59 Å². The molecule has 0 radical (unpaired) electrons. The molecule has 6 heteroatoms. The third-order valence-electron chi connectivity index (χ3n) is 5.34. The van der Waals surface area contributed by atoms with Crippen molar-refractivity contribution in [2.75, 3.05) is 0 Å². The quantitative estimate of drug-likeness (QED) is 0.613. The number of carbonyl (C=O) groups excluding carboxylic acids is 2. The first-order valence-electron chi connectivity index (χ1n) is 10.0. The number of hydrazone groups is 1. The molecule has 0 aromatic heterocycles. The van der Waals surface area contributed by atoms with Gasteiger partial charge in [0.2, 0.25) is 12.3 Å². The zero-order valence-electron chi connectivity index (χ0n) is 17.3. The Morgan fingerprint density at radius 2 is 1.58 bits per heavy atom. The molecule has 0 unspecified atom stereocenters. The standard InChI is InChI=1S/C25H22ClN3O2/c1-16-7-11-18(12-8-16)23-22(27-24(30)19-13-9-17(2)10-14-19)25(31)28-29(23)15-20-5-3-4-6-21(20)26/h3-15,22-23H,1-2H3,(H-,27,28,30,31)/p+1/b29-15-/t22-,23+/m1/s1. The molecular weight excluding hydrogens is 410 g/mol. The van der Waals surface area contributed by atoms with Gasteiger partial charge in [-0.25, -0.2) is 0 Å². The van der Waals surface area contributed by atoms with E-state index in [1.54, 1.807) is 29.1 Å². The molecule has 2 atom stereocenters. The normalized spacial score (nSPS) is 19.3. The van der Waals surface area contributed by atoms with Crippen LogP contribution in [-0.2, 0) is 4.79 Å². The largest absolute Gasteiger partial charge is 0.334 e. The van der Waals surface area contributed by atoms with Gasteiger partial charge in [0.05, 0.1) is 10.6 Å². The summed E-state index contributed by atoms with van der Waals surface area (Å²) in [6.45, 7) is 3.97. The van der Waals surface area contributed by atoms with Crippen molar-refractivity contribution in [3.05, 3.63) is 106 Å². The van der Waals surface area contributed by atoms with Crippen LogP contribution in [-0.4, -0.2) is 28.8 Å². The summed E-state index contributed by atoms with van der Waals surface area (Å²) in [5.74, 6) is -0.578. The highest BCUT2D eigenvalue weighted by atomic mass is 35.5. The third-order valence-corrected chi connectivity index (χ3v) is 5.68. The molecule has 3 aromatic rings. The van der Waals surface area contributed by atoms with E-state index in [1.165, 1.54) is 0 Å². The minimum atomic E-state index is -0.768. The Bertz CT molecular complexity index is 1150. The Morgan fingerprint density at radius 1 is 0.968 bits per heavy atom. The summed E-state index contributed by atoms with van der Waals surface area (Å²) in [6.07, 6.45) is 1.79. The second-order valence-corrected chi connectivity index (χ2v) is 8.11. The van der Waals surface area contributed by atoms with Crippen molar-refractivity contribution in [1.29, 1.82) is 0 Å². The average molecular weight is 433 g/mol. The van der Waals surface area contributed by atoms with E-state index in [0.717, 1.165) is 22.3 Å². The summed E-state index contributed by atoms with van der Waals surface area (Å²) in [7, 11) is 0. The summed E-state index contributed by atoms with van der Waals surface area (Å²) >= 11 is 6.33. The van der Waals surface area contributed by atoms with Crippen molar-refractivity contribution in [2.45, 2.75) is 25.9 Å². The van der Waals surface area contributed by atoms with Crippen molar-refractivity contribution in [1.82, 2.24) is 10.7 Å². The molecule has 1 saturated heterocycles. The number of hydrogen-bond donors (Lipinski definition) is 2. The molecule has 156 valence electrons. The van der Waals surface area contributed by atoms with E-state index < -0.39 is 12.1 Å². The number of carbonyl (C=O) groups is 2. The van der Waals surface area contributed by atoms with Crippen LogP contribution in [0.4, 0.5) is 0 Å². The van der Waals surface area contributed by atoms with Gasteiger partial charge in [-0.15, -0.1) is 10.1 Å². The van der Waals surface area contributed by atoms with E-state index in [0.29, 0.717) is 10.6 Å². The van der Waals surface area contributed by atoms with Crippen molar-refractivity contribution >= 4 is 29.6 Å². The molecule has 0 aliphatic carbocycles. The van der Waals surface area contributed by atoms with Gasteiger partial charge in [0, 0.05) is 11.1 Å². The van der Waals surface area contributed by atoms with Crippen LogP contribution in [0.1, 0.15) is 38.7 Å². The average Bonchev–Trinajstić information content (AvgIpc) is 3.05. The molecule has 0 spiro atoms. The van der Waals surface area contributed by atoms with Gasteiger partial charge < -0.3 is 5.32 Å². The van der Waals surface area contributed by atoms with Gasteiger partial charge >= 0.3 is 5.91 Å². The second kappa shape index (κ2) is 8.74. The van der Waals surface area contributed by atoms with Gasteiger partial charge in [-0.05, 0) is 38.1 Å². The summed E-state index contributed by atoms with van der Waals surface area (Å²) < 4.78 is 1.72. The molecule has 0 saturated carbocycles. The molecule has 31 heavy (non-hydrogen) atoms. The Morgan fingerprint density at radius 3 is 2.23 bits per heavy atom. The first-order chi connectivity index (χ1) is 14.9. The van der Waals surface area contributed by atoms with Gasteiger partial charge in [-0.2, -0.15) is 0 Å². The molecular formula is C25H23ClN3O2+. The number of hydrazine groups is 1. The zero-order valence-corrected chi connectivity index (χ0v) is 18.1. The minimum absolute atomic E-state index is 0.283. The number of aryl methyl sites for hydroxylation is 2. The van der Waals surface area contributed by atoms with Crippen molar-refractivity contribution in [3.63, 3.8) is 0 Å². The van der Waals surface area contributed by atoms with Crippen LogP contribution in [0.2, 0.25) is 5.02 Å². The smallest absolute Gasteiger partial charge is 0.304 e. The highest BCUT2D eigenvalue weighted by Gasteiger charge is 2.47. The highest BCUT2D eigenvalue weighted by molar-refractivity contribution is 6.32. The number of amides is 2. The zero-order chi connectivity index (χ0) is 22.0. The molecule has 2 amide bonds. The van der Waals surface area contributed by atoms with Crippen LogP contribution >= 0.6 is 11.6 Å². The number of rotatable bonds is 4. The van der Waals surface area contributed by atoms with Crippen LogP contribution in [0.25, 0.3) is 0 Å². The molecule has 1 aliphatic heterocycles. The molecule has 2 N–H and O–H groups in total. The topological polar surface area (TPSA) is 61.2 Å². The molecule has 4 rings (SSSR count). The van der Waals surface area contributed by atoms with Crippen molar-refractivity contribution in [2.24, 2.45) is 0 Å². The summed E-state index contributed by atoms with van der Waals surface area (Å²) in [6, 6.07) is 21.4. The Kier molecular flexibility index (Phi) is 5.87. The lowest BCUT2D eigenvalue weighted by atomic mass is 9.98. The Hall–Kier alpha value is -3.44. The lowest BCUT2D eigenvalue weighted by Crippen LogP contribution is -2.42. The van der Waals surface area contributed by atoms with Gasteiger partial charge in [0.25, 0.3) is 5.91 Å². The first-order valence-corrected chi connectivity index (χ1v) is 10.4. The van der Waals surface area contributed by atoms with Crippen LogP contribution in [0.3, 0.4) is 0 Å². The van der Waals surface area contributed by atoms with Crippen LogP contribution < -0.4 is 10.7 Å². The molecule has 1 aliphatic rings. The van der Waals surface area contributed by atoms with Crippen molar-refractivity contribution < 1.29 is 14.3 Å². The molecule has 1 heterocycles. The fraction of sp³-hybridized carbons (Fsp3) is 0.160. The number of hydrogen-bond acceptors (Lipinski definition) is 2. The maximum absolute atomic E-state index is 12.9. The van der Waals surface area contributed by atoms with Crippen molar-refractivity contribution in [3.8, 4) is 0 Å². The molecule has 0 bridgehead atoms. The molecule has 5 nitrogen and oxygen atoms in total. The van der Waals surface area contributed by atoms with E-state index in [4.69, 9.17) is 11.6 Å². The number of nitrogens with zero attached hydrogens (tertiary/aromatic N) is 1. The number of nitrogens with one attached hydrogen (secondary N) is 2. The van der Waals surface area contributed by atoms with Gasteiger partial charge in [-0.1, -0.05) is 71.3 Å². The number of benzene rings is 3. The summed E-state index contributed by atoms with van der Waals surface area (Å²) in [4.78, 5) is 25.8. The lowest BCUT2D eigenvalue weighted by molar-refractivity contribution is -0.596. The third kappa shape index (κ3) is 4.52. The second-order valence-electron chi connectivity index (χ2n) is 7.71. The van der Waals surface area contributed by atoms with Gasteiger partial charge in [0.1, 0.15) is 0 Å². The van der Waals surface area contributed by atoms with Crippen LogP contribution in [0.15, 0.2) is 72.8 Å². The SMILES string of the molecule is Cc1ccc(C(=O)N[C@H]2C(=O)N/[N+](=C\c3ccccc3Cl)[C@H]2c2ccc(C)cc2)cc1. The predicted octanol–water partition coefficient (Wildman–Crippen LogP) is 3.97. The fourth-order valence-electron chi connectivity index (χ4n) is 3.60. The monoisotopic (exact) mass is 432 g/mol. The summed E-state index contributed by atoms with van der Waals surface area (Å²) in [5.41, 5.74) is 7.23. The molecule has 1 fully saturated rings. The lowest BCUT2D eigenvalue weighted by Gasteiger charge is -2.15. The molecule has 3 aromatic carbocycles. The predicted molar refractivity (Wildman–Crippen MR) is 121 cm³/mol. The van der Waals surface area contributed by atoms with E-state index in [-0.39, 0.29) is 11.8 Å². The maximum Gasteiger partial charge on any atom is 0.304 e. The highest BCUT2D eigenvalue weighted by Crippen LogP contribution is 2.26. The Balaban J connectivity index is 1.71. The van der Waals surface area contributed by atoms with Crippen LogP contribution in [0, 0.1) is 13.8 Å². The van der Waals surface area contributed by atoms with E-state index in [2.05, 4.69) is 10.7 Å². The fourth-order valence-corrected chi connectivity index (χ4v) is 3.79. The van der Waals surface area contributed by atoms with Crippen LogP contribution in [0.5, 0.6) is 0 Å². The van der Waals surface area contributed by atoms with E-state index in [9.17, 15) is 9.59 Å². The minimum Gasteiger partial charge on any atom is -0.334 e. The van der Waals surface area contributed by atoms with E-state index >= 15 is 0 Å². The maximum atomic E-state index is 12.9. The van der Waals surface area contributed by atoms with Gasteiger partial charge in [0.15, 0.2) is 6.04 Å².